The molecule has 0 saturated carbocycles. The lowest BCUT2D eigenvalue weighted by molar-refractivity contribution is -0.661. The zero-order valence-corrected chi connectivity index (χ0v) is 10.6. The van der Waals surface area contributed by atoms with E-state index in [4.69, 9.17) is 11.6 Å². The third-order valence-corrected chi connectivity index (χ3v) is 4.88. The monoisotopic (exact) mass is 279 g/mol. The minimum Gasteiger partial charge on any atom is -0.344 e. The molecule has 0 radical (unpaired) electrons. The van der Waals surface area contributed by atoms with Crippen molar-refractivity contribution in [3.8, 4) is 0 Å². The summed E-state index contributed by atoms with van der Waals surface area (Å²) in [5.74, 6) is -0.613. The molecule has 2 rings (SSSR count). The molecule has 94 valence electrons. The Hall–Kier alpha value is -0.690. The molecule has 0 aliphatic carbocycles. The molecule has 0 atom stereocenters. The smallest absolute Gasteiger partial charge is 0.243 e. The third-order valence-electron chi connectivity index (χ3n) is 2.69. The van der Waals surface area contributed by atoms with Gasteiger partial charge in [0, 0.05) is 0 Å². The number of sulfonamides is 1. The number of benzene rings is 1. The van der Waals surface area contributed by atoms with Gasteiger partial charge in [0.25, 0.3) is 0 Å². The van der Waals surface area contributed by atoms with Crippen LogP contribution in [0.4, 0.5) is 4.39 Å². The number of nitrogens with zero attached hydrogens (tertiary/aromatic N) is 1. The first-order valence-electron chi connectivity index (χ1n) is 5.28. The van der Waals surface area contributed by atoms with E-state index >= 15 is 0 Å². The molecule has 1 aliphatic rings. The van der Waals surface area contributed by atoms with Crippen molar-refractivity contribution in [3.05, 3.63) is 29.0 Å². The van der Waals surface area contributed by atoms with Crippen LogP contribution in [0.5, 0.6) is 0 Å². The predicted octanol–water partition coefficient (Wildman–Crippen LogP) is 0.0468. The Morgan fingerprint density at radius 2 is 1.94 bits per heavy atom. The maximum absolute atomic E-state index is 13.0. The Bertz CT molecular complexity index is 515. The molecule has 0 bridgehead atoms. The number of hydrogen-bond acceptors (Lipinski definition) is 2. The summed E-state index contributed by atoms with van der Waals surface area (Å²) < 4.78 is 38.7. The topological polar surface area (TPSA) is 54.0 Å². The van der Waals surface area contributed by atoms with Gasteiger partial charge in [0.15, 0.2) is 0 Å². The second-order valence-corrected chi connectivity index (χ2v) is 6.19. The van der Waals surface area contributed by atoms with E-state index in [2.05, 4.69) is 5.32 Å². The highest BCUT2D eigenvalue weighted by Gasteiger charge is 2.27. The van der Waals surface area contributed by atoms with E-state index in [1.165, 1.54) is 10.4 Å². The Balaban J connectivity index is 2.33. The summed E-state index contributed by atoms with van der Waals surface area (Å²) in [4.78, 5) is 0.0470. The van der Waals surface area contributed by atoms with Crippen molar-refractivity contribution in [1.29, 1.82) is 0 Å². The second-order valence-electron chi connectivity index (χ2n) is 3.85. The van der Waals surface area contributed by atoms with Gasteiger partial charge in [0.1, 0.15) is 5.82 Å². The van der Waals surface area contributed by atoms with Crippen molar-refractivity contribution in [2.24, 2.45) is 0 Å². The van der Waals surface area contributed by atoms with E-state index in [0.29, 0.717) is 13.1 Å². The largest absolute Gasteiger partial charge is 0.344 e. The molecule has 0 spiro atoms. The highest BCUT2D eigenvalue weighted by atomic mass is 35.5. The lowest BCUT2D eigenvalue weighted by Crippen LogP contribution is -2.89. The number of quaternary nitrogens is 1. The van der Waals surface area contributed by atoms with Gasteiger partial charge >= 0.3 is 0 Å². The number of halogens is 2. The number of nitrogens with two attached hydrogens (primary N) is 1. The zero-order valence-electron chi connectivity index (χ0n) is 9.07. The van der Waals surface area contributed by atoms with Crippen LogP contribution in [0.25, 0.3) is 0 Å². The van der Waals surface area contributed by atoms with E-state index < -0.39 is 15.8 Å². The molecule has 1 saturated heterocycles. The highest BCUT2D eigenvalue weighted by molar-refractivity contribution is 7.89. The van der Waals surface area contributed by atoms with Crippen molar-refractivity contribution < 1.29 is 18.1 Å². The van der Waals surface area contributed by atoms with E-state index in [9.17, 15) is 12.8 Å². The lowest BCUT2D eigenvalue weighted by Gasteiger charge is -2.24. The normalized spacial score (nSPS) is 18.2. The van der Waals surface area contributed by atoms with Crippen molar-refractivity contribution in [2.75, 3.05) is 26.2 Å². The quantitative estimate of drug-likeness (QED) is 0.832. The van der Waals surface area contributed by atoms with Crippen LogP contribution in [0.2, 0.25) is 5.02 Å². The summed E-state index contributed by atoms with van der Waals surface area (Å²) in [6.45, 7) is 2.43. The van der Waals surface area contributed by atoms with Gasteiger partial charge in [0.2, 0.25) is 10.0 Å². The van der Waals surface area contributed by atoms with Crippen LogP contribution < -0.4 is 5.32 Å². The molecule has 4 nitrogen and oxygen atoms in total. The maximum atomic E-state index is 13.0. The van der Waals surface area contributed by atoms with Crippen LogP contribution >= 0.6 is 11.6 Å². The van der Waals surface area contributed by atoms with Gasteiger partial charge in [-0.2, -0.15) is 4.31 Å². The number of hydrogen-bond donors (Lipinski definition) is 1. The second kappa shape index (κ2) is 4.89. The summed E-state index contributed by atoms with van der Waals surface area (Å²) in [5.41, 5.74) is 0. The first-order valence-corrected chi connectivity index (χ1v) is 7.10. The molecule has 0 aromatic heterocycles. The molecule has 1 aromatic rings. The highest BCUT2D eigenvalue weighted by Crippen LogP contribution is 2.22. The average Bonchev–Trinajstić information content (AvgIpc) is 2.33. The molecule has 1 fully saturated rings. The van der Waals surface area contributed by atoms with Crippen molar-refractivity contribution in [2.45, 2.75) is 4.90 Å². The van der Waals surface area contributed by atoms with Gasteiger partial charge in [-0.15, -0.1) is 0 Å². The summed E-state index contributed by atoms with van der Waals surface area (Å²) in [6.07, 6.45) is 0. The van der Waals surface area contributed by atoms with Crippen LogP contribution in [0.3, 0.4) is 0 Å². The molecule has 2 N–H and O–H groups in total. The molecule has 1 heterocycles. The standard InChI is InChI=1S/C10H12ClFN2O2S/c11-9-7-8(1-2-10(9)12)17(15,16)14-5-3-13-4-6-14/h1-2,7,13H,3-6H2/p+1. The van der Waals surface area contributed by atoms with Crippen LogP contribution in [0.15, 0.2) is 23.1 Å². The van der Waals surface area contributed by atoms with Crippen LogP contribution in [0.1, 0.15) is 0 Å². The summed E-state index contributed by atoms with van der Waals surface area (Å²) in [5, 5.41) is 1.89. The molecule has 1 aliphatic heterocycles. The van der Waals surface area contributed by atoms with Crippen LogP contribution in [-0.4, -0.2) is 38.9 Å². The van der Waals surface area contributed by atoms with Gasteiger partial charge in [-0.1, -0.05) is 11.6 Å². The third kappa shape index (κ3) is 2.60. The number of rotatable bonds is 2. The molecule has 0 amide bonds. The Labute approximate surface area is 104 Å². The van der Waals surface area contributed by atoms with E-state index in [0.717, 1.165) is 25.2 Å². The molecular weight excluding hydrogens is 267 g/mol. The van der Waals surface area contributed by atoms with Crippen LogP contribution in [-0.2, 0) is 10.0 Å². The van der Waals surface area contributed by atoms with Crippen LogP contribution in [0, 0.1) is 5.82 Å². The molecule has 7 heteroatoms. The molecule has 17 heavy (non-hydrogen) atoms. The van der Waals surface area contributed by atoms with Gasteiger partial charge in [-0.05, 0) is 18.2 Å². The van der Waals surface area contributed by atoms with E-state index in [1.807, 2.05) is 0 Å². The van der Waals surface area contributed by atoms with Gasteiger partial charge in [-0.3, -0.25) is 0 Å². The first-order chi connectivity index (χ1) is 8.01. The van der Waals surface area contributed by atoms with E-state index in [-0.39, 0.29) is 9.92 Å². The fourth-order valence-electron chi connectivity index (χ4n) is 1.75. The fraction of sp³-hybridized carbons (Fsp3) is 0.400. The summed E-state index contributed by atoms with van der Waals surface area (Å²) in [7, 11) is -3.54. The predicted molar refractivity (Wildman–Crippen MR) is 61.8 cm³/mol. The summed E-state index contributed by atoms with van der Waals surface area (Å²) in [6, 6.07) is 3.48. The van der Waals surface area contributed by atoms with Crippen molar-refractivity contribution >= 4 is 21.6 Å². The Morgan fingerprint density at radius 3 is 2.53 bits per heavy atom. The average molecular weight is 280 g/mol. The summed E-state index contributed by atoms with van der Waals surface area (Å²) >= 11 is 5.59. The molecule has 0 unspecified atom stereocenters. The lowest BCUT2D eigenvalue weighted by atomic mass is 10.3. The minimum atomic E-state index is -3.54. The molecule has 1 aromatic carbocycles. The van der Waals surface area contributed by atoms with Crippen molar-refractivity contribution in [1.82, 2.24) is 4.31 Å². The first kappa shape index (κ1) is 12.8. The van der Waals surface area contributed by atoms with E-state index in [1.54, 1.807) is 0 Å². The van der Waals surface area contributed by atoms with Gasteiger partial charge in [-0.25, -0.2) is 12.8 Å². The Kier molecular flexibility index (Phi) is 3.67. The Morgan fingerprint density at radius 1 is 1.29 bits per heavy atom. The fourth-order valence-corrected chi connectivity index (χ4v) is 3.50. The minimum absolute atomic E-state index is 0.0470. The zero-order chi connectivity index (χ0) is 12.5. The number of piperazine rings is 1. The van der Waals surface area contributed by atoms with Crippen molar-refractivity contribution in [3.63, 3.8) is 0 Å². The molecular formula is C10H13ClFN2O2S+. The maximum Gasteiger partial charge on any atom is 0.243 e. The van der Waals surface area contributed by atoms with Gasteiger partial charge in [0.05, 0.1) is 36.1 Å². The van der Waals surface area contributed by atoms with Gasteiger partial charge < -0.3 is 5.32 Å². The SMILES string of the molecule is O=S(=O)(c1ccc(F)c(Cl)c1)N1CC[NH2+]CC1.